The zero-order chi connectivity index (χ0) is 21.4. The number of likely N-dealkylation sites (tertiary alicyclic amines) is 2. The molecule has 0 aliphatic carbocycles. The molecule has 31 heavy (non-hydrogen) atoms. The standard InChI is InChI=1S/C25H28N4O2/c1-28-13-9-18(10-14-28)17-2-4-20(5-3-17)25(31)29-15-11-23(29)24(30)27-21-7-6-19-8-12-26-22(19)16-21/h2-8,12,16,18,23,26H,9-11,13-15H2,1H3,(H,27,30)/t23-/m0/s1. The molecule has 2 saturated heterocycles. The van der Waals surface area contributed by atoms with Gasteiger partial charge in [0.05, 0.1) is 0 Å². The van der Waals surface area contributed by atoms with Crippen molar-refractivity contribution in [1.29, 1.82) is 0 Å². The maximum absolute atomic E-state index is 13.0. The minimum atomic E-state index is -0.416. The van der Waals surface area contributed by atoms with E-state index in [4.69, 9.17) is 0 Å². The summed E-state index contributed by atoms with van der Waals surface area (Å²) in [6.45, 7) is 2.85. The maximum Gasteiger partial charge on any atom is 0.254 e. The maximum atomic E-state index is 13.0. The summed E-state index contributed by atoms with van der Waals surface area (Å²) in [4.78, 5) is 33.0. The number of nitrogens with one attached hydrogen (secondary N) is 2. The van der Waals surface area contributed by atoms with Gasteiger partial charge >= 0.3 is 0 Å². The van der Waals surface area contributed by atoms with Crippen molar-refractivity contribution in [3.63, 3.8) is 0 Å². The van der Waals surface area contributed by atoms with E-state index in [2.05, 4.69) is 34.4 Å². The van der Waals surface area contributed by atoms with Gasteiger partial charge in [-0.1, -0.05) is 18.2 Å². The van der Waals surface area contributed by atoms with E-state index in [0.717, 1.165) is 42.5 Å². The Hall–Kier alpha value is -3.12. The summed E-state index contributed by atoms with van der Waals surface area (Å²) in [5, 5.41) is 4.06. The number of rotatable bonds is 4. The van der Waals surface area contributed by atoms with Gasteiger partial charge in [0.25, 0.3) is 5.91 Å². The number of amides is 2. The first-order chi connectivity index (χ1) is 15.1. The molecule has 3 aromatic rings. The van der Waals surface area contributed by atoms with Crippen LogP contribution in [0.2, 0.25) is 0 Å². The fourth-order valence-corrected chi connectivity index (χ4v) is 4.66. The van der Waals surface area contributed by atoms with Crippen molar-refractivity contribution >= 4 is 28.4 Å². The van der Waals surface area contributed by atoms with Crippen LogP contribution in [0.5, 0.6) is 0 Å². The Morgan fingerprint density at radius 2 is 1.74 bits per heavy atom. The van der Waals surface area contributed by atoms with Crippen LogP contribution in [0.4, 0.5) is 5.69 Å². The second kappa shape index (κ2) is 8.19. The number of H-pyrrole nitrogens is 1. The first-order valence-electron chi connectivity index (χ1n) is 11.1. The summed E-state index contributed by atoms with van der Waals surface area (Å²) in [5.41, 5.74) is 3.68. The molecule has 0 saturated carbocycles. The molecule has 6 heteroatoms. The summed E-state index contributed by atoms with van der Waals surface area (Å²) >= 11 is 0. The van der Waals surface area contributed by atoms with Crippen LogP contribution in [0.15, 0.2) is 54.7 Å². The summed E-state index contributed by atoms with van der Waals surface area (Å²) in [6.07, 6.45) is 4.88. The smallest absolute Gasteiger partial charge is 0.254 e. The zero-order valence-corrected chi connectivity index (χ0v) is 17.8. The van der Waals surface area contributed by atoms with Crippen molar-refractivity contribution < 1.29 is 9.59 Å². The van der Waals surface area contributed by atoms with E-state index >= 15 is 0 Å². The van der Waals surface area contributed by atoms with Crippen molar-refractivity contribution in [3.8, 4) is 0 Å². The fourth-order valence-electron chi connectivity index (χ4n) is 4.66. The second-order valence-corrected chi connectivity index (χ2v) is 8.77. The average Bonchev–Trinajstić information content (AvgIpc) is 3.21. The Labute approximate surface area is 182 Å². The lowest BCUT2D eigenvalue weighted by Gasteiger charge is -2.39. The van der Waals surface area contributed by atoms with E-state index in [9.17, 15) is 9.59 Å². The largest absolute Gasteiger partial charge is 0.361 e. The molecule has 1 atom stereocenters. The minimum Gasteiger partial charge on any atom is -0.361 e. The summed E-state index contributed by atoms with van der Waals surface area (Å²) in [5.74, 6) is 0.370. The van der Waals surface area contributed by atoms with Gasteiger partial charge in [0.1, 0.15) is 6.04 Å². The second-order valence-electron chi connectivity index (χ2n) is 8.77. The Morgan fingerprint density at radius 3 is 2.45 bits per heavy atom. The highest BCUT2D eigenvalue weighted by Gasteiger charge is 2.38. The van der Waals surface area contributed by atoms with E-state index in [1.807, 2.05) is 42.6 Å². The van der Waals surface area contributed by atoms with Crippen LogP contribution >= 0.6 is 0 Å². The van der Waals surface area contributed by atoms with Gasteiger partial charge in [-0.3, -0.25) is 9.59 Å². The Morgan fingerprint density at radius 1 is 0.968 bits per heavy atom. The highest BCUT2D eigenvalue weighted by Crippen LogP contribution is 2.29. The van der Waals surface area contributed by atoms with Gasteiger partial charge in [-0.05, 0) is 86.6 Å². The molecule has 0 bridgehead atoms. The van der Waals surface area contributed by atoms with Gasteiger partial charge in [0, 0.05) is 29.5 Å². The molecule has 2 aromatic carbocycles. The highest BCUT2D eigenvalue weighted by atomic mass is 16.2. The molecule has 2 N–H and O–H groups in total. The number of aromatic nitrogens is 1. The molecule has 2 amide bonds. The molecule has 160 valence electrons. The molecule has 2 fully saturated rings. The summed E-state index contributed by atoms with van der Waals surface area (Å²) in [7, 11) is 2.16. The molecule has 2 aliphatic heterocycles. The Kier molecular flexibility index (Phi) is 5.24. The highest BCUT2D eigenvalue weighted by molar-refractivity contribution is 6.03. The van der Waals surface area contributed by atoms with E-state index < -0.39 is 6.04 Å². The van der Waals surface area contributed by atoms with Gasteiger partial charge in [-0.25, -0.2) is 0 Å². The SMILES string of the molecule is CN1CCC(c2ccc(C(=O)N3CC[C@H]3C(=O)Nc3ccc4cc[nH]c4c3)cc2)CC1. The van der Waals surface area contributed by atoms with E-state index in [0.29, 0.717) is 24.4 Å². The number of hydrogen-bond donors (Lipinski definition) is 2. The molecule has 6 nitrogen and oxygen atoms in total. The van der Waals surface area contributed by atoms with Crippen molar-refractivity contribution in [3.05, 3.63) is 65.9 Å². The first kappa shape index (κ1) is 19.8. The van der Waals surface area contributed by atoms with Gasteiger partial charge in [-0.15, -0.1) is 0 Å². The molecule has 0 radical (unpaired) electrons. The zero-order valence-electron chi connectivity index (χ0n) is 17.8. The van der Waals surface area contributed by atoms with E-state index in [1.54, 1.807) is 4.90 Å². The number of nitrogens with zero attached hydrogens (tertiary/aromatic N) is 2. The molecular weight excluding hydrogens is 388 g/mol. The van der Waals surface area contributed by atoms with Crippen molar-refractivity contribution in [2.24, 2.45) is 0 Å². The average molecular weight is 417 g/mol. The third kappa shape index (κ3) is 3.95. The third-order valence-electron chi connectivity index (χ3n) is 6.75. The van der Waals surface area contributed by atoms with Crippen molar-refractivity contribution in [2.75, 3.05) is 32.0 Å². The predicted molar refractivity (Wildman–Crippen MR) is 122 cm³/mol. The molecule has 5 rings (SSSR count). The van der Waals surface area contributed by atoms with E-state index in [1.165, 1.54) is 5.56 Å². The summed E-state index contributed by atoms with van der Waals surface area (Å²) in [6, 6.07) is 15.4. The molecule has 0 spiro atoms. The van der Waals surface area contributed by atoms with Crippen LogP contribution in [0.1, 0.15) is 41.1 Å². The first-order valence-corrected chi connectivity index (χ1v) is 11.1. The number of piperidine rings is 1. The number of aromatic amines is 1. The lowest BCUT2D eigenvalue weighted by molar-refractivity contribution is -0.123. The van der Waals surface area contributed by atoms with E-state index in [-0.39, 0.29) is 11.8 Å². The van der Waals surface area contributed by atoms with Crippen LogP contribution in [-0.2, 0) is 4.79 Å². The summed E-state index contributed by atoms with van der Waals surface area (Å²) < 4.78 is 0. The van der Waals surface area contributed by atoms with Gasteiger partial charge in [0.15, 0.2) is 0 Å². The Balaban J connectivity index is 1.22. The van der Waals surface area contributed by atoms with Crippen LogP contribution in [0, 0.1) is 0 Å². The third-order valence-corrected chi connectivity index (χ3v) is 6.75. The van der Waals surface area contributed by atoms with Crippen LogP contribution in [0.25, 0.3) is 10.9 Å². The lowest BCUT2D eigenvalue weighted by atomic mass is 9.89. The number of anilines is 1. The predicted octanol–water partition coefficient (Wildman–Crippen LogP) is 3.83. The van der Waals surface area contributed by atoms with Crippen LogP contribution in [-0.4, -0.2) is 59.3 Å². The topological polar surface area (TPSA) is 68.4 Å². The lowest BCUT2D eigenvalue weighted by Crippen LogP contribution is -2.56. The van der Waals surface area contributed by atoms with Gasteiger partial charge in [0.2, 0.25) is 5.91 Å². The number of hydrogen-bond acceptors (Lipinski definition) is 3. The molecule has 2 aliphatic rings. The molecule has 0 unspecified atom stereocenters. The molecular formula is C25H28N4O2. The van der Waals surface area contributed by atoms with Gasteiger partial charge < -0.3 is 20.1 Å². The number of carbonyl (C=O) groups excluding carboxylic acids is 2. The van der Waals surface area contributed by atoms with Crippen molar-refractivity contribution in [2.45, 2.75) is 31.2 Å². The fraction of sp³-hybridized carbons (Fsp3) is 0.360. The Bertz CT molecular complexity index is 1100. The van der Waals surface area contributed by atoms with Crippen molar-refractivity contribution in [1.82, 2.24) is 14.8 Å². The van der Waals surface area contributed by atoms with Crippen LogP contribution in [0.3, 0.4) is 0 Å². The van der Waals surface area contributed by atoms with Crippen LogP contribution < -0.4 is 5.32 Å². The quantitative estimate of drug-likeness (QED) is 0.679. The molecule has 1 aromatic heterocycles. The number of benzene rings is 2. The van der Waals surface area contributed by atoms with Gasteiger partial charge in [-0.2, -0.15) is 0 Å². The number of carbonyl (C=O) groups is 2. The normalized spacial score (nSPS) is 19.9. The molecule has 3 heterocycles. The monoisotopic (exact) mass is 416 g/mol. The minimum absolute atomic E-state index is 0.0684. The number of fused-ring (bicyclic) bond motifs is 1.